The van der Waals surface area contributed by atoms with E-state index in [1.807, 2.05) is 12.3 Å². The van der Waals surface area contributed by atoms with Crippen LogP contribution in [0.4, 0.5) is 17.2 Å². The molecule has 26 heavy (non-hydrogen) atoms. The summed E-state index contributed by atoms with van der Waals surface area (Å²) in [7, 11) is 0. The van der Waals surface area contributed by atoms with Crippen molar-refractivity contribution in [2.45, 2.75) is 5.16 Å². The molecular formula is C18H19BrN6S. The number of nitrogens with zero attached hydrogens (tertiary/aromatic N) is 4. The van der Waals surface area contributed by atoms with Gasteiger partial charge in [-0.1, -0.05) is 11.8 Å². The highest BCUT2D eigenvalue weighted by Crippen LogP contribution is 2.31. The highest BCUT2D eigenvalue weighted by atomic mass is 79.9. The van der Waals surface area contributed by atoms with Crippen LogP contribution in [0, 0.1) is 0 Å². The Balaban J connectivity index is 1.64. The molecule has 1 fully saturated rings. The van der Waals surface area contributed by atoms with Crippen LogP contribution in [-0.4, -0.2) is 47.4 Å². The predicted octanol–water partition coefficient (Wildman–Crippen LogP) is 3.66. The van der Waals surface area contributed by atoms with Crippen LogP contribution < -0.4 is 15.5 Å². The number of halogens is 1. The van der Waals surface area contributed by atoms with Crippen LogP contribution in [0.1, 0.15) is 0 Å². The molecule has 0 amide bonds. The fraction of sp³-hybridized carbons (Fsp3) is 0.278. The summed E-state index contributed by atoms with van der Waals surface area (Å²) in [5.41, 5.74) is 3.11. The Morgan fingerprint density at radius 1 is 1.12 bits per heavy atom. The molecule has 0 bridgehead atoms. The summed E-state index contributed by atoms with van der Waals surface area (Å²) in [4.78, 5) is 15.9. The Hall–Kier alpha value is -1.90. The molecule has 2 aromatic heterocycles. The summed E-state index contributed by atoms with van der Waals surface area (Å²) in [6, 6.07) is 10.4. The van der Waals surface area contributed by atoms with E-state index in [-0.39, 0.29) is 0 Å². The van der Waals surface area contributed by atoms with E-state index >= 15 is 0 Å². The van der Waals surface area contributed by atoms with Gasteiger partial charge in [0.15, 0.2) is 5.16 Å². The smallest absolute Gasteiger partial charge is 0.189 e. The number of rotatable bonds is 4. The highest BCUT2D eigenvalue weighted by Gasteiger charge is 2.13. The molecular weight excluding hydrogens is 412 g/mol. The van der Waals surface area contributed by atoms with E-state index in [0.29, 0.717) is 0 Å². The lowest BCUT2D eigenvalue weighted by Crippen LogP contribution is -2.43. The number of anilines is 3. The molecule has 0 radical (unpaired) electrons. The van der Waals surface area contributed by atoms with Gasteiger partial charge in [0.1, 0.15) is 10.4 Å². The number of piperazine rings is 1. The fourth-order valence-corrected chi connectivity index (χ4v) is 3.90. The van der Waals surface area contributed by atoms with Gasteiger partial charge < -0.3 is 15.5 Å². The molecule has 3 heterocycles. The first-order valence-electron chi connectivity index (χ1n) is 8.43. The molecule has 1 aliphatic rings. The minimum absolute atomic E-state index is 0.732. The normalized spacial score (nSPS) is 14.6. The molecule has 0 saturated carbocycles. The Labute approximate surface area is 164 Å². The molecule has 0 spiro atoms. The van der Waals surface area contributed by atoms with E-state index in [1.54, 1.807) is 6.20 Å². The van der Waals surface area contributed by atoms with Gasteiger partial charge in [-0.15, -0.1) is 0 Å². The quantitative estimate of drug-likeness (QED) is 0.371. The van der Waals surface area contributed by atoms with Crippen LogP contribution >= 0.6 is 27.7 Å². The lowest BCUT2D eigenvalue weighted by atomic mass is 10.2. The number of thioether (sulfide) groups is 1. The fourth-order valence-electron chi connectivity index (χ4n) is 3.02. The first kappa shape index (κ1) is 17.5. The van der Waals surface area contributed by atoms with Crippen molar-refractivity contribution in [3.8, 4) is 0 Å². The summed E-state index contributed by atoms with van der Waals surface area (Å²) in [5, 5.41) is 8.43. The van der Waals surface area contributed by atoms with Crippen molar-refractivity contribution in [3.05, 3.63) is 41.1 Å². The van der Waals surface area contributed by atoms with E-state index in [0.717, 1.165) is 58.3 Å². The predicted molar refractivity (Wildman–Crippen MR) is 112 cm³/mol. The maximum Gasteiger partial charge on any atom is 0.189 e. The number of nitrogens with one attached hydrogen (secondary N) is 2. The SMILES string of the molecule is CSc1nc(Nc2ccc(N3CCNCC3)cc2)c2c(Br)nccc2n1. The molecule has 6 nitrogen and oxygen atoms in total. The zero-order valence-corrected chi connectivity index (χ0v) is 16.8. The summed E-state index contributed by atoms with van der Waals surface area (Å²) in [6.45, 7) is 4.15. The lowest BCUT2D eigenvalue weighted by Gasteiger charge is -2.29. The molecule has 4 rings (SSSR count). The van der Waals surface area contributed by atoms with Crippen molar-refractivity contribution in [3.63, 3.8) is 0 Å². The van der Waals surface area contributed by atoms with Gasteiger partial charge in [0.05, 0.1) is 10.9 Å². The van der Waals surface area contributed by atoms with Gasteiger partial charge in [0.25, 0.3) is 0 Å². The minimum atomic E-state index is 0.732. The molecule has 1 saturated heterocycles. The summed E-state index contributed by atoms with van der Waals surface area (Å²) >= 11 is 5.05. The number of hydrogen-bond acceptors (Lipinski definition) is 7. The average molecular weight is 431 g/mol. The Morgan fingerprint density at radius 2 is 1.88 bits per heavy atom. The third-order valence-electron chi connectivity index (χ3n) is 4.34. The minimum Gasteiger partial charge on any atom is -0.369 e. The van der Waals surface area contributed by atoms with Gasteiger partial charge >= 0.3 is 0 Å². The van der Waals surface area contributed by atoms with Crippen molar-refractivity contribution >= 4 is 55.8 Å². The van der Waals surface area contributed by atoms with Gasteiger partial charge in [-0.05, 0) is 52.5 Å². The first-order chi connectivity index (χ1) is 12.7. The maximum atomic E-state index is 4.64. The third kappa shape index (κ3) is 3.62. The molecule has 8 heteroatoms. The van der Waals surface area contributed by atoms with Gasteiger partial charge in [0, 0.05) is 43.8 Å². The lowest BCUT2D eigenvalue weighted by molar-refractivity contribution is 0.589. The van der Waals surface area contributed by atoms with E-state index in [4.69, 9.17) is 0 Å². The van der Waals surface area contributed by atoms with Crippen molar-refractivity contribution in [1.29, 1.82) is 0 Å². The van der Waals surface area contributed by atoms with E-state index in [9.17, 15) is 0 Å². The number of fused-ring (bicyclic) bond motifs is 1. The highest BCUT2D eigenvalue weighted by molar-refractivity contribution is 9.10. The van der Waals surface area contributed by atoms with Gasteiger partial charge in [-0.2, -0.15) is 0 Å². The topological polar surface area (TPSA) is 66.0 Å². The largest absolute Gasteiger partial charge is 0.369 e. The molecule has 1 aromatic carbocycles. The first-order valence-corrected chi connectivity index (χ1v) is 10.5. The number of pyridine rings is 1. The number of aromatic nitrogens is 3. The Bertz CT molecular complexity index is 911. The van der Waals surface area contributed by atoms with Crippen molar-refractivity contribution in [2.24, 2.45) is 0 Å². The molecule has 0 unspecified atom stereocenters. The van der Waals surface area contributed by atoms with Crippen molar-refractivity contribution in [2.75, 3.05) is 42.7 Å². The van der Waals surface area contributed by atoms with Gasteiger partial charge in [-0.3, -0.25) is 0 Å². The molecule has 0 atom stereocenters. The van der Waals surface area contributed by atoms with Crippen LogP contribution in [-0.2, 0) is 0 Å². The van der Waals surface area contributed by atoms with Crippen LogP contribution in [0.5, 0.6) is 0 Å². The van der Waals surface area contributed by atoms with Gasteiger partial charge in [-0.25, -0.2) is 15.0 Å². The van der Waals surface area contributed by atoms with Crippen LogP contribution in [0.2, 0.25) is 0 Å². The summed E-state index contributed by atoms with van der Waals surface area (Å²) in [6.07, 6.45) is 3.72. The third-order valence-corrected chi connectivity index (χ3v) is 5.49. The van der Waals surface area contributed by atoms with E-state index < -0.39 is 0 Å². The molecule has 0 aliphatic carbocycles. The molecule has 134 valence electrons. The maximum absolute atomic E-state index is 4.64. The molecule has 1 aliphatic heterocycles. The standard InChI is InChI=1S/C18H19BrN6S/c1-26-18-23-14-6-7-21-16(19)15(14)17(24-18)22-12-2-4-13(5-3-12)25-10-8-20-9-11-25/h2-7,20H,8-11H2,1H3,(H,22,23,24). The van der Waals surface area contributed by atoms with Gasteiger partial charge in [0.2, 0.25) is 0 Å². The summed E-state index contributed by atoms with van der Waals surface area (Å²) < 4.78 is 0.739. The summed E-state index contributed by atoms with van der Waals surface area (Å²) in [5.74, 6) is 0.759. The second kappa shape index (κ2) is 7.77. The molecule has 2 N–H and O–H groups in total. The van der Waals surface area contributed by atoms with Crippen molar-refractivity contribution in [1.82, 2.24) is 20.3 Å². The number of benzene rings is 1. The zero-order valence-electron chi connectivity index (χ0n) is 14.4. The van der Waals surface area contributed by atoms with E-state index in [2.05, 4.69) is 70.7 Å². The van der Waals surface area contributed by atoms with Crippen LogP contribution in [0.3, 0.4) is 0 Å². The molecule has 3 aromatic rings. The Morgan fingerprint density at radius 3 is 2.62 bits per heavy atom. The van der Waals surface area contributed by atoms with Crippen LogP contribution in [0.15, 0.2) is 46.3 Å². The van der Waals surface area contributed by atoms with E-state index in [1.165, 1.54) is 17.4 Å². The monoisotopic (exact) mass is 430 g/mol. The number of hydrogen-bond donors (Lipinski definition) is 2. The zero-order chi connectivity index (χ0) is 17.9. The second-order valence-corrected chi connectivity index (χ2v) is 7.49. The van der Waals surface area contributed by atoms with Crippen LogP contribution in [0.25, 0.3) is 10.9 Å². The second-order valence-electron chi connectivity index (χ2n) is 5.96. The Kier molecular flexibility index (Phi) is 5.23. The average Bonchev–Trinajstić information content (AvgIpc) is 2.69. The van der Waals surface area contributed by atoms with Crippen molar-refractivity contribution < 1.29 is 0 Å².